The zero-order valence-corrected chi connectivity index (χ0v) is 17.1. The highest BCUT2D eigenvalue weighted by Gasteiger charge is 2.20. The molecule has 2 N–H and O–H groups in total. The molecule has 0 aliphatic carbocycles. The highest BCUT2D eigenvalue weighted by Crippen LogP contribution is 2.35. The van der Waals surface area contributed by atoms with Crippen molar-refractivity contribution in [3.8, 4) is 11.6 Å². The molecule has 0 saturated carbocycles. The van der Waals surface area contributed by atoms with Crippen LogP contribution in [0.15, 0.2) is 72.9 Å². The predicted molar refractivity (Wildman–Crippen MR) is 117 cm³/mol. The standard InChI is InChI=1S/C24H27N3O2/c1-24(2,3)19-12-7-8-14-21(19)29-22-20(13-9-16-25-22)27-23(28)26-17-15-18-10-5-4-6-11-18/h4-14,16H,15,17H2,1-3H3,(H2,26,27,28). The lowest BCUT2D eigenvalue weighted by Gasteiger charge is -2.22. The number of nitrogens with zero attached hydrogens (tertiary/aromatic N) is 1. The van der Waals surface area contributed by atoms with Gasteiger partial charge in [-0.15, -0.1) is 0 Å². The molecule has 0 saturated heterocycles. The van der Waals surface area contributed by atoms with E-state index in [1.54, 1.807) is 18.3 Å². The quantitative estimate of drug-likeness (QED) is 0.582. The Morgan fingerprint density at radius 3 is 2.45 bits per heavy atom. The van der Waals surface area contributed by atoms with Gasteiger partial charge in [0.25, 0.3) is 0 Å². The Labute approximate surface area is 172 Å². The average molecular weight is 389 g/mol. The number of para-hydroxylation sites is 1. The summed E-state index contributed by atoms with van der Waals surface area (Å²) in [6.45, 7) is 6.94. The lowest BCUT2D eigenvalue weighted by molar-refractivity contribution is 0.252. The van der Waals surface area contributed by atoms with E-state index in [9.17, 15) is 4.79 Å². The summed E-state index contributed by atoms with van der Waals surface area (Å²) < 4.78 is 6.09. The summed E-state index contributed by atoms with van der Waals surface area (Å²) in [6, 6.07) is 21.2. The van der Waals surface area contributed by atoms with Crippen LogP contribution in [0.4, 0.5) is 10.5 Å². The fraction of sp³-hybridized carbons (Fsp3) is 0.250. The van der Waals surface area contributed by atoms with Crippen LogP contribution in [0, 0.1) is 0 Å². The molecule has 3 aromatic rings. The minimum absolute atomic E-state index is 0.0756. The number of pyridine rings is 1. The van der Waals surface area contributed by atoms with Crippen molar-refractivity contribution in [3.05, 3.63) is 84.1 Å². The Hall–Kier alpha value is -3.34. The lowest BCUT2D eigenvalue weighted by Crippen LogP contribution is -2.30. The largest absolute Gasteiger partial charge is 0.437 e. The van der Waals surface area contributed by atoms with Crippen LogP contribution in [-0.2, 0) is 11.8 Å². The average Bonchev–Trinajstić information content (AvgIpc) is 2.70. The van der Waals surface area contributed by atoms with Gasteiger partial charge in [0, 0.05) is 18.3 Å². The molecule has 1 heterocycles. The molecule has 2 amide bonds. The minimum atomic E-state index is -0.289. The van der Waals surface area contributed by atoms with Crippen LogP contribution < -0.4 is 15.4 Å². The van der Waals surface area contributed by atoms with Gasteiger partial charge in [0.2, 0.25) is 5.88 Å². The van der Waals surface area contributed by atoms with Crippen molar-refractivity contribution in [1.29, 1.82) is 0 Å². The second-order valence-electron chi connectivity index (χ2n) is 7.82. The number of hydrogen-bond donors (Lipinski definition) is 2. The van der Waals surface area contributed by atoms with Crippen molar-refractivity contribution in [3.63, 3.8) is 0 Å². The highest BCUT2D eigenvalue weighted by atomic mass is 16.5. The van der Waals surface area contributed by atoms with Crippen LogP contribution >= 0.6 is 0 Å². The summed E-state index contributed by atoms with van der Waals surface area (Å²) in [5.41, 5.74) is 2.70. The number of hydrogen-bond acceptors (Lipinski definition) is 3. The molecule has 5 heteroatoms. The SMILES string of the molecule is CC(C)(C)c1ccccc1Oc1ncccc1NC(=O)NCCc1ccccc1. The Balaban J connectivity index is 1.66. The molecule has 0 aliphatic rings. The van der Waals surface area contributed by atoms with E-state index in [0.29, 0.717) is 18.1 Å². The molecule has 0 radical (unpaired) electrons. The second kappa shape index (κ2) is 9.24. The molecule has 0 fully saturated rings. The molecular formula is C24H27N3O2. The van der Waals surface area contributed by atoms with E-state index < -0.39 is 0 Å². The molecule has 0 aliphatic heterocycles. The lowest BCUT2D eigenvalue weighted by atomic mass is 9.86. The zero-order chi connectivity index (χ0) is 20.7. The molecule has 3 rings (SSSR count). The van der Waals surface area contributed by atoms with E-state index in [1.165, 1.54) is 5.56 Å². The molecule has 0 bridgehead atoms. The molecule has 0 unspecified atom stereocenters. The molecular weight excluding hydrogens is 362 g/mol. The molecule has 5 nitrogen and oxygen atoms in total. The van der Waals surface area contributed by atoms with Crippen LogP contribution in [0.2, 0.25) is 0 Å². The van der Waals surface area contributed by atoms with Crippen LogP contribution in [-0.4, -0.2) is 17.6 Å². The fourth-order valence-corrected chi connectivity index (χ4v) is 2.98. The number of carbonyl (C=O) groups excluding carboxylic acids is 1. The molecule has 29 heavy (non-hydrogen) atoms. The first-order valence-corrected chi connectivity index (χ1v) is 9.74. The Bertz CT molecular complexity index is 950. The molecule has 150 valence electrons. The first kappa shape index (κ1) is 20.4. The smallest absolute Gasteiger partial charge is 0.319 e. The third kappa shape index (κ3) is 5.82. The number of aromatic nitrogens is 1. The monoisotopic (exact) mass is 389 g/mol. The number of nitrogens with one attached hydrogen (secondary N) is 2. The van der Waals surface area contributed by atoms with Gasteiger partial charge in [0.15, 0.2) is 0 Å². The maximum Gasteiger partial charge on any atom is 0.319 e. The minimum Gasteiger partial charge on any atom is -0.437 e. The summed E-state index contributed by atoms with van der Waals surface area (Å²) in [6.07, 6.45) is 2.41. The molecule has 0 atom stereocenters. The summed E-state index contributed by atoms with van der Waals surface area (Å²) in [7, 11) is 0. The highest BCUT2D eigenvalue weighted by molar-refractivity contribution is 5.90. The van der Waals surface area contributed by atoms with Gasteiger partial charge in [-0.2, -0.15) is 0 Å². The normalized spacial score (nSPS) is 11.0. The van der Waals surface area contributed by atoms with Gasteiger partial charge in [0.1, 0.15) is 11.4 Å². The predicted octanol–water partition coefficient (Wildman–Crippen LogP) is 5.54. The topological polar surface area (TPSA) is 63.2 Å². The van der Waals surface area contributed by atoms with E-state index in [1.807, 2.05) is 54.6 Å². The van der Waals surface area contributed by atoms with Crippen molar-refractivity contribution in [1.82, 2.24) is 10.3 Å². The van der Waals surface area contributed by atoms with Crippen molar-refractivity contribution in [2.24, 2.45) is 0 Å². The number of ether oxygens (including phenoxy) is 1. The van der Waals surface area contributed by atoms with E-state index in [-0.39, 0.29) is 11.4 Å². The van der Waals surface area contributed by atoms with E-state index in [2.05, 4.69) is 36.4 Å². The summed E-state index contributed by atoms with van der Waals surface area (Å²) >= 11 is 0. The fourth-order valence-electron chi connectivity index (χ4n) is 2.98. The molecule has 1 aromatic heterocycles. The Morgan fingerprint density at radius 2 is 1.69 bits per heavy atom. The summed E-state index contributed by atoms with van der Waals surface area (Å²) in [5, 5.41) is 5.71. The Morgan fingerprint density at radius 1 is 0.966 bits per heavy atom. The van der Waals surface area contributed by atoms with E-state index in [0.717, 1.165) is 17.7 Å². The van der Waals surface area contributed by atoms with Crippen molar-refractivity contribution >= 4 is 11.7 Å². The molecule has 2 aromatic carbocycles. The van der Waals surface area contributed by atoms with Crippen molar-refractivity contribution in [2.75, 3.05) is 11.9 Å². The van der Waals surface area contributed by atoms with E-state index in [4.69, 9.17) is 4.74 Å². The summed E-state index contributed by atoms with van der Waals surface area (Å²) in [4.78, 5) is 16.6. The third-order valence-corrected chi connectivity index (χ3v) is 4.46. The number of carbonyl (C=O) groups is 1. The number of anilines is 1. The van der Waals surface area contributed by atoms with E-state index >= 15 is 0 Å². The van der Waals surface area contributed by atoms with Crippen LogP contribution in [0.1, 0.15) is 31.9 Å². The Kier molecular flexibility index (Phi) is 6.50. The van der Waals surface area contributed by atoms with Crippen LogP contribution in [0.3, 0.4) is 0 Å². The van der Waals surface area contributed by atoms with Gasteiger partial charge >= 0.3 is 6.03 Å². The van der Waals surface area contributed by atoms with Gasteiger partial charge in [-0.05, 0) is 35.6 Å². The second-order valence-corrected chi connectivity index (χ2v) is 7.82. The van der Waals surface area contributed by atoms with Gasteiger partial charge in [-0.25, -0.2) is 9.78 Å². The number of rotatable bonds is 6. The van der Waals surface area contributed by atoms with Crippen molar-refractivity contribution < 1.29 is 9.53 Å². The first-order chi connectivity index (χ1) is 13.9. The van der Waals surface area contributed by atoms with Gasteiger partial charge in [0.05, 0.1) is 0 Å². The molecule has 0 spiro atoms. The van der Waals surface area contributed by atoms with Crippen LogP contribution in [0.5, 0.6) is 11.6 Å². The number of benzene rings is 2. The maximum atomic E-state index is 12.3. The number of amides is 2. The van der Waals surface area contributed by atoms with Crippen molar-refractivity contribution in [2.45, 2.75) is 32.6 Å². The van der Waals surface area contributed by atoms with Gasteiger partial charge in [-0.3, -0.25) is 0 Å². The van der Waals surface area contributed by atoms with Gasteiger partial charge < -0.3 is 15.4 Å². The first-order valence-electron chi connectivity index (χ1n) is 9.74. The summed E-state index contributed by atoms with van der Waals surface area (Å²) in [5.74, 6) is 1.09. The maximum absolute atomic E-state index is 12.3. The van der Waals surface area contributed by atoms with Crippen LogP contribution in [0.25, 0.3) is 0 Å². The zero-order valence-electron chi connectivity index (χ0n) is 17.1. The van der Waals surface area contributed by atoms with Gasteiger partial charge in [-0.1, -0.05) is 69.3 Å². The third-order valence-electron chi connectivity index (χ3n) is 4.46. The number of urea groups is 1.